The first-order valence-corrected chi connectivity index (χ1v) is 5.65. The molecule has 0 aromatic rings. The molecule has 0 heteroatoms. The Morgan fingerprint density at radius 1 is 0.643 bits per heavy atom. The molecule has 0 heterocycles. The molecular formula is C14H18. The molecule has 0 bridgehead atoms. The van der Waals surface area contributed by atoms with Gasteiger partial charge in [-0.1, -0.05) is 36.5 Å². The number of rotatable bonds is 1. The summed E-state index contributed by atoms with van der Waals surface area (Å²) in [6.45, 7) is 0. The van der Waals surface area contributed by atoms with E-state index in [2.05, 4.69) is 36.5 Å². The first kappa shape index (κ1) is 9.51. The number of hydrogen-bond donors (Lipinski definition) is 0. The second-order valence-electron chi connectivity index (χ2n) is 3.95. The largest absolute Gasteiger partial charge is 0.0879 e. The topological polar surface area (TPSA) is 0 Å². The Kier molecular flexibility index (Phi) is 3.39. The molecule has 14 heavy (non-hydrogen) atoms. The summed E-state index contributed by atoms with van der Waals surface area (Å²) < 4.78 is 0. The van der Waals surface area contributed by atoms with Crippen LogP contribution in [0.25, 0.3) is 0 Å². The average molecular weight is 186 g/mol. The summed E-state index contributed by atoms with van der Waals surface area (Å²) in [5.41, 5.74) is 3.19. The lowest BCUT2D eigenvalue weighted by Crippen LogP contribution is -1.89. The highest BCUT2D eigenvalue weighted by Gasteiger charge is 2.06. The van der Waals surface area contributed by atoms with Gasteiger partial charge in [-0.3, -0.25) is 0 Å². The molecule has 2 aliphatic rings. The van der Waals surface area contributed by atoms with Gasteiger partial charge in [0, 0.05) is 0 Å². The van der Waals surface area contributed by atoms with Crippen LogP contribution in [0.15, 0.2) is 47.6 Å². The highest BCUT2D eigenvalue weighted by molar-refractivity contribution is 5.34. The van der Waals surface area contributed by atoms with E-state index in [1.807, 2.05) is 0 Å². The van der Waals surface area contributed by atoms with Gasteiger partial charge in [-0.25, -0.2) is 0 Å². The zero-order valence-electron chi connectivity index (χ0n) is 8.71. The van der Waals surface area contributed by atoms with E-state index in [1.165, 1.54) is 25.7 Å². The van der Waals surface area contributed by atoms with Gasteiger partial charge in [0.2, 0.25) is 0 Å². The maximum absolute atomic E-state index is 2.40. The third-order valence-electron chi connectivity index (χ3n) is 2.91. The highest BCUT2D eigenvalue weighted by Crippen LogP contribution is 2.25. The first-order chi connectivity index (χ1) is 6.97. The van der Waals surface area contributed by atoms with Gasteiger partial charge in [0.1, 0.15) is 0 Å². The molecule has 2 aliphatic carbocycles. The number of hydrogen-bond acceptors (Lipinski definition) is 0. The third kappa shape index (κ3) is 2.47. The zero-order valence-corrected chi connectivity index (χ0v) is 8.71. The lowest BCUT2D eigenvalue weighted by Gasteiger charge is -2.08. The van der Waals surface area contributed by atoms with Crippen LogP contribution in [0, 0.1) is 0 Å². The van der Waals surface area contributed by atoms with Gasteiger partial charge in [-0.05, 0) is 49.7 Å². The molecule has 0 aliphatic heterocycles. The molecule has 0 fully saturated rings. The summed E-state index contributed by atoms with van der Waals surface area (Å²) in [5, 5.41) is 0. The average Bonchev–Trinajstić information content (AvgIpc) is 2.62. The summed E-state index contributed by atoms with van der Waals surface area (Å²) >= 11 is 0. The van der Waals surface area contributed by atoms with Crippen molar-refractivity contribution < 1.29 is 0 Å². The lowest BCUT2D eigenvalue weighted by atomic mass is 9.97. The Bertz CT molecular complexity index is 268. The Morgan fingerprint density at radius 3 is 1.64 bits per heavy atom. The van der Waals surface area contributed by atoms with Gasteiger partial charge in [0.15, 0.2) is 0 Å². The van der Waals surface area contributed by atoms with Crippen molar-refractivity contribution in [3.8, 4) is 0 Å². The quantitative estimate of drug-likeness (QED) is 0.535. The van der Waals surface area contributed by atoms with Crippen molar-refractivity contribution in [2.75, 3.05) is 0 Å². The van der Waals surface area contributed by atoms with E-state index in [0.29, 0.717) is 0 Å². The fraction of sp³-hybridized carbons (Fsp3) is 0.429. The van der Waals surface area contributed by atoms with Crippen LogP contribution in [-0.4, -0.2) is 0 Å². The van der Waals surface area contributed by atoms with E-state index in [1.54, 1.807) is 11.1 Å². The van der Waals surface area contributed by atoms with Crippen LogP contribution in [0.4, 0.5) is 0 Å². The van der Waals surface area contributed by atoms with Crippen LogP contribution < -0.4 is 0 Å². The van der Waals surface area contributed by atoms with Gasteiger partial charge in [-0.2, -0.15) is 0 Å². The summed E-state index contributed by atoms with van der Waals surface area (Å²) in [7, 11) is 0. The lowest BCUT2D eigenvalue weighted by molar-refractivity contribution is 0.920. The Hall–Kier alpha value is -1.04. The number of allylic oxidation sites excluding steroid dienone is 8. The van der Waals surface area contributed by atoms with Crippen molar-refractivity contribution in [3.63, 3.8) is 0 Å². The van der Waals surface area contributed by atoms with Crippen LogP contribution >= 0.6 is 0 Å². The fourth-order valence-electron chi connectivity index (χ4n) is 2.11. The van der Waals surface area contributed by atoms with Crippen molar-refractivity contribution in [2.45, 2.75) is 38.5 Å². The van der Waals surface area contributed by atoms with Crippen molar-refractivity contribution in [3.05, 3.63) is 47.6 Å². The summed E-state index contributed by atoms with van der Waals surface area (Å²) in [6, 6.07) is 0. The van der Waals surface area contributed by atoms with E-state index in [0.717, 1.165) is 12.8 Å². The van der Waals surface area contributed by atoms with Crippen molar-refractivity contribution in [1.29, 1.82) is 0 Å². The van der Waals surface area contributed by atoms with E-state index in [4.69, 9.17) is 0 Å². The second kappa shape index (κ2) is 4.99. The monoisotopic (exact) mass is 186 g/mol. The van der Waals surface area contributed by atoms with Crippen LogP contribution in [0.2, 0.25) is 0 Å². The van der Waals surface area contributed by atoms with E-state index in [9.17, 15) is 0 Å². The summed E-state index contributed by atoms with van der Waals surface area (Å²) in [6.07, 6.45) is 21.1. The van der Waals surface area contributed by atoms with E-state index in [-0.39, 0.29) is 0 Å². The minimum atomic E-state index is 1.13. The van der Waals surface area contributed by atoms with Gasteiger partial charge < -0.3 is 0 Å². The smallest absolute Gasteiger partial charge is 0.0163 e. The maximum atomic E-state index is 2.40. The van der Waals surface area contributed by atoms with Crippen LogP contribution in [-0.2, 0) is 0 Å². The normalized spacial score (nSPS) is 22.3. The molecule has 0 atom stereocenters. The minimum Gasteiger partial charge on any atom is -0.0879 e. The van der Waals surface area contributed by atoms with E-state index < -0.39 is 0 Å². The van der Waals surface area contributed by atoms with Crippen molar-refractivity contribution in [1.82, 2.24) is 0 Å². The third-order valence-corrected chi connectivity index (χ3v) is 2.91. The van der Waals surface area contributed by atoms with Crippen LogP contribution in [0.3, 0.4) is 0 Å². The Labute approximate surface area is 86.7 Å². The fourth-order valence-corrected chi connectivity index (χ4v) is 2.11. The standard InChI is InChI=1S/C14H18/c1-2-6-10-13(9-5-1)14-11-7-3-4-8-12-14/h1-4,9,11H,5-8,10,12H2. The van der Waals surface area contributed by atoms with Gasteiger partial charge in [0.05, 0.1) is 0 Å². The predicted octanol–water partition coefficient (Wildman–Crippen LogP) is 4.32. The molecule has 0 aromatic carbocycles. The Balaban J connectivity index is 2.06. The van der Waals surface area contributed by atoms with Crippen molar-refractivity contribution >= 4 is 0 Å². The van der Waals surface area contributed by atoms with Gasteiger partial charge in [0.25, 0.3) is 0 Å². The molecule has 0 nitrogen and oxygen atoms in total. The predicted molar refractivity (Wildman–Crippen MR) is 62.1 cm³/mol. The molecule has 0 saturated heterocycles. The highest BCUT2D eigenvalue weighted by atomic mass is 14.1. The summed E-state index contributed by atoms with van der Waals surface area (Å²) in [5.74, 6) is 0. The SMILES string of the molecule is C1=CCCC(C2=CCC=CCC2)=CC1. The summed E-state index contributed by atoms with van der Waals surface area (Å²) in [4.78, 5) is 0. The maximum Gasteiger partial charge on any atom is -0.0163 e. The molecule has 0 radical (unpaired) electrons. The molecule has 0 unspecified atom stereocenters. The molecule has 0 saturated carbocycles. The molecule has 74 valence electrons. The molecule has 0 spiro atoms. The van der Waals surface area contributed by atoms with Gasteiger partial charge >= 0.3 is 0 Å². The molecule has 0 amide bonds. The molecule has 2 rings (SSSR count). The molecular weight excluding hydrogens is 168 g/mol. The molecule has 0 aromatic heterocycles. The second-order valence-corrected chi connectivity index (χ2v) is 3.95. The van der Waals surface area contributed by atoms with Crippen LogP contribution in [0.1, 0.15) is 38.5 Å². The minimum absolute atomic E-state index is 1.13. The first-order valence-electron chi connectivity index (χ1n) is 5.65. The van der Waals surface area contributed by atoms with E-state index >= 15 is 0 Å². The van der Waals surface area contributed by atoms with Crippen molar-refractivity contribution in [2.24, 2.45) is 0 Å². The van der Waals surface area contributed by atoms with Crippen LogP contribution in [0.5, 0.6) is 0 Å². The zero-order chi connectivity index (χ0) is 9.64. The Morgan fingerprint density at radius 2 is 1.14 bits per heavy atom. The van der Waals surface area contributed by atoms with Gasteiger partial charge in [-0.15, -0.1) is 0 Å². The molecule has 0 N–H and O–H groups in total.